The fourth-order valence-corrected chi connectivity index (χ4v) is 1.07. The van der Waals surface area contributed by atoms with Gasteiger partial charge in [-0.2, -0.15) is 0 Å². The molecule has 58 valence electrons. The summed E-state index contributed by atoms with van der Waals surface area (Å²) in [5, 5.41) is 2.74. The van der Waals surface area contributed by atoms with E-state index in [-0.39, 0.29) is 5.91 Å². The Morgan fingerprint density at radius 2 is 2.36 bits per heavy atom. The maximum Gasteiger partial charge on any atom is 0.228 e. The van der Waals surface area contributed by atoms with Gasteiger partial charge in [0.2, 0.25) is 5.91 Å². The quantitative estimate of drug-likeness (QED) is 0.601. The molecule has 0 spiro atoms. The normalized spacial score (nSPS) is 24.3. The Morgan fingerprint density at radius 3 is 2.91 bits per heavy atom. The highest BCUT2D eigenvalue weighted by atomic mass is 16.1. The minimum atomic E-state index is 0.0613. The highest BCUT2D eigenvalue weighted by molar-refractivity contribution is 5.86. The molecule has 1 heterocycles. The standard InChI is InChI=1S/C9H11NO/c1-3-5-8-7(4-2)6-9(11)10-8/h3-5H,1,6H2,2H3,(H,10,11)/b7-4-,8-5+. The van der Waals surface area contributed by atoms with Crippen LogP contribution in [0.1, 0.15) is 13.3 Å². The van der Waals surface area contributed by atoms with Crippen LogP contribution < -0.4 is 5.32 Å². The number of hydrogen-bond donors (Lipinski definition) is 1. The third-order valence-electron chi connectivity index (χ3n) is 1.60. The van der Waals surface area contributed by atoms with Crippen molar-refractivity contribution in [3.05, 3.63) is 36.1 Å². The molecule has 0 unspecified atom stereocenters. The third-order valence-corrected chi connectivity index (χ3v) is 1.60. The maximum absolute atomic E-state index is 10.9. The van der Waals surface area contributed by atoms with Crippen LogP contribution in [0.4, 0.5) is 0 Å². The van der Waals surface area contributed by atoms with Gasteiger partial charge in [-0.3, -0.25) is 4.79 Å². The van der Waals surface area contributed by atoms with Crippen molar-refractivity contribution in [2.75, 3.05) is 0 Å². The number of rotatable bonds is 1. The minimum Gasteiger partial charge on any atom is -0.326 e. The minimum absolute atomic E-state index is 0.0613. The van der Waals surface area contributed by atoms with E-state index in [1.54, 1.807) is 12.2 Å². The van der Waals surface area contributed by atoms with Gasteiger partial charge in [0.15, 0.2) is 0 Å². The summed E-state index contributed by atoms with van der Waals surface area (Å²) in [7, 11) is 0. The van der Waals surface area contributed by atoms with E-state index in [1.807, 2.05) is 13.0 Å². The summed E-state index contributed by atoms with van der Waals surface area (Å²) in [6, 6.07) is 0. The molecule has 0 atom stereocenters. The van der Waals surface area contributed by atoms with E-state index in [0.29, 0.717) is 6.42 Å². The summed E-state index contributed by atoms with van der Waals surface area (Å²) in [5.74, 6) is 0.0613. The fraction of sp³-hybridized carbons (Fsp3) is 0.222. The Balaban J connectivity index is 2.89. The van der Waals surface area contributed by atoms with Crippen LogP contribution in [0.25, 0.3) is 0 Å². The molecule has 0 bridgehead atoms. The Bertz CT molecular complexity index is 248. The summed E-state index contributed by atoms with van der Waals surface area (Å²) in [6.45, 7) is 5.49. The first-order valence-corrected chi connectivity index (χ1v) is 3.56. The van der Waals surface area contributed by atoms with Crippen molar-refractivity contribution >= 4 is 5.91 Å². The maximum atomic E-state index is 10.9. The fourth-order valence-electron chi connectivity index (χ4n) is 1.07. The average Bonchev–Trinajstić information content (AvgIpc) is 2.32. The van der Waals surface area contributed by atoms with Gasteiger partial charge in [-0.05, 0) is 18.6 Å². The largest absolute Gasteiger partial charge is 0.326 e. The van der Waals surface area contributed by atoms with E-state index in [4.69, 9.17) is 0 Å². The van der Waals surface area contributed by atoms with Crippen LogP contribution in [-0.2, 0) is 4.79 Å². The van der Waals surface area contributed by atoms with E-state index in [9.17, 15) is 4.79 Å². The van der Waals surface area contributed by atoms with Crippen LogP contribution in [0.15, 0.2) is 36.1 Å². The number of amides is 1. The molecule has 1 aliphatic heterocycles. The second-order valence-electron chi connectivity index (χ2n) is 2.35. The van der Waals surface area contributed by atoms with Crippen molar-refractivity contribution in [1.29, 1.82) is 0 Å². The predicted molar refractivity (Wildman–Crippen MR) is 44.8 cm³/mol. The van der Waals surface area contributed by atoms with Crippen LogP contribution in [0.2, 0.25) is 0 Å². The highest BCUT2D eigenvalue weighted by Gasteiger charge is 2.18. The van der Waals surface area contributed by atoms with Crippen molar-refractivity contribution < 1.29 is 4.79 Å². The predicted octanol–water partition coefficient (Wildman–Crippen LogP) is 1.52. The van der Waals surface area contributed by atoms with Crippen LogP contribution in [0.5, 0.6) is 0 Å². The molecular weight excluding hydrogens is 138 g/mol. The SMILES string of the molecule is C=C/C=C1/NC(=O)C/C1=C/C. The zero-order chi connectivity index (χ0) is 8.27. The van der Waals surface area contributed by atoms with Gasteiger partial charge in [0.1, 0.15) is 0 Å². The summed E-state index contributed by atoms with van der Waals surface area (Å²) in [4.78, 5) is 10.9. The van der Waals surface area contributed by atoms with E-state index in [2.05, 4.69) is 11.9 Å². The molecular formula is C9H11NO. The first-order valence-electron chi connectivity index (χ1n) is 3.56. The van der Waals surface area contributed by atoms with Gasteiger partial charge in [0.25, 0.3) is 0 Å². The molecule has 0 aliphatic carbocycles. The molecule has 0 aromatic heterocycles. The topological polar surface area (TPSA) is 29.1 Å². The molecule has 0 aromatic carbocycles. The Hall–Kier alpha value is -1.31. The Kier molecular flexibility index (Phi) is 2.26. The van der Waals surface area contributed by atoms with Gasteiger partial charge in [0, 0.05) is 5.70 Å². The zero-order valence-electron chi connectivity index (χ0n) is 6.55. The lowest BCUT2D eigenvalue weighted by Gasteiger charge is -1.95. The number of nitrogens with one attached hydrogen (secondary N) is 1. The van der Waals surface area contributed by atoms with Crippen molar-refractivity contribution in [2.24, 2.45) is 0 Å². The molecule has 2 nitrogen and oxygen atoms in total. The smallest absolute Gasteiger partial charge is 0.228 e. The zero-order valence-corrected chi connectivity index (χ0v) is 6.55. The molecule has 0 radical (unpaired) electrons. The van der Waals surface area contributed by atoms with Crippen molar-refractivity contribution in [1.82, 2.24) is 5.32 Å². The molecule has 1 N–H and O–H groups in total. The lowest BCUT2D eigenvalue weighted by Crippen LogP contribution is -2.11. The van der Waals surface area contributed by atoms with Crippen molar-refractivity contribution in [3.63, 3.8) is 0 Å². The molecule has 1 aliphatic rings. The van der Waals surface area contributed by atoms with Crippen LogP contribution >= 0.6 is 0 Å². The first kappa shape index (κ1) is 7.79. The van der Waals surface area contributed by atoms with E-state index >= 15 is 0 Å². The van der Waals surface area contributed by atoms with E-state index in [1.165, 1.54) is 0 Å². The summed E-state index contributed by atoms with van der Waals surface area (Å²) >= 11 is 0. The first-order chi connectivity index (χ1) is 5.27. The summed E-state index contributed by atoms with van der Waals surface area (Å²) < 4.78 is 0. The molecule has 0 saturated carbocycles. The van der Waals surface area contributed by atoms with Gasteiger partial charge in [0.05, 0.1) is 6.42 Å². The van der Waals surface area contributed by atoms with Gasteiger partial charge in [-0.1, -0.05) is 18.7 Å². The highest BCUT2D eigenvalue weighted by Crippen LogP contribution is 2.18. The lowest BCUT2D eigenvalue weighted by atomic mass is 10.2. The van der Waals surface area contributed by atoms with Crippen LogP contribution in [0, 0.1) is 0 Å². The van der Waals surface area contributed by atoms with Gasteiger partial charge in [-0.15, -0.1) is 0 Å². The molecule has 2 heteroatoms. The van der Waals surface area contributed by atoms with Gasteiger partial charge >= 0.3 is 0 Å². The van der Waals surface area contributed by atoms with Crippen molar-refractivity contribution in [3.8, 4) is 0 Å². The number of hydrogen-bond acceptors (Lipinski definition) is 1. The molecule has 1 saturated heterocycles. The molecule has 1 amide bonds. The second-order valence-corrected chi connectivity index (χ2v) is 2.35. The summed E-state index contributed by atoms with van der Waals surface area (Å²) in [6.07, 6.45) is 5.91. The summed E-state index contributed by atoms with van der Waals surface area (Å²) in [5.41, 5.74) is 1.93. The average molecular weight is 149 g/mol. The number of carbonyl (C=O) groups excluding carboxylic acids is 1. The monoisotopic (exact) mass is 149 g/mol. The molecule has 0 aromatic rings. The Morgan fingerprint density at radius 1 is 1.64 bits per heavy atom. The van der Waals surface area contributed by atoms with E-state index in [0.717, 1.165) is 11.3 Å². The van der Waals surface area contributed by atoms with Gasteiger partial charge in [-0.25, -0.2) is 0 Å². The lowest BCUT2D eigenvalue weighted by molar-refractivity contribution is -0.118. The van der Waals surface area contributed by atoms with Crippen LogP contribution in [-0.4, -0.2) is 5.91 Å². The molecule has 1 rings (SSSR count). The van der Waals surface area contributed by atoms with Gasteiger partial charge < -0.3 is 5.32 Å². The van der Waals surface area contributed by atoms with Crippen molar-refractivity contribution in [2.45, 2.75) is 13.3 Å². The Labute approximate surface area is 66.3 Å². The molecule has 11 heavy (non-hydrogen) atoms. The number of allylic oxidation sites excluding steroid dienone is 4. The van der Waals surface area contributed by atoms with E-state index < -0.39 is 0 Å². The second kappa shape index (κ2) is 3.19. The number of carbonyl (C=O) groups is 1. The third kappa shape index (κ3) is 1.58. The van der Waals surface area contributed by atoms with Crippen LogP contribution in [0.3, 0.4) is 0 Å². The molecule has 1 fully saturated rings.